The fourth-order valence-corrected chi connectivity index (χ4v) is 1.62. The lowest BCUT2D eigenvalue weighted by molar-refractivity contribution is -0.109. The van der Waals surface area contributed by atoms with Crippen LogP contribution in [0.3, 0.4) is 0 Å². The Morgan fingerprint density at radius 2 is 1.47 bits per heavy atom. The molecule has 1 amide bonds. The number of nitrogens with one attached hydrogen (secondary N) is 1. The molecule has 5 heteroatoms. The van der Waals surface area contributed by atoms with Gasteiger partial charge in [-0.3, -0.25) is 9.79 Å². The second-order valence-electron chi connectivity index (χ2n) is 3.73. The highest BCUT2D eigenvalue weighted by atomic mass is 35.5. The summed E-state index contributed by atoms with van der Waals surface area (Å²) in [6.45, 7) is 0. The highest BCUT2D eigenvalue weighted by molar-refractivity contribution is 6.33. The minimum atomic E-state index is -0.308. The molecule has 0 unspecified atom stereocenters. The summed E-state index contributed by atoms with van der Waals surface area (Å²) in [6.07, 6.45) is 1.22. The first-order valence-corrected chi connectivity index (χ1v) is 6.25. The Morgan fingerprint density at radius 3 is 2.05 bits per heavy atom. The zero-order valence-electron chi connectivity index (χ0n) is 9.81. The second kappa shape index (κ2) is 6.36. The minimum Gasteiger partial charge on any atom is -0.321 e. The van der Waals surface area contributed by atoms with Crippen LogP contribution in [0.15, 0.2) is 53.5 Å². The molecule has 0 saturated heterocycles. The van der Waals surface area contributed by atoms with Gasteiger partial charge in [-0.25, -0.2) is 0 Å². The third-order valence-electron chi connectivity index (χ3n) is 2.27. The van der Waals surface area contributed by atoms with Crippen LogP contribution in [0.2, 0.25) is 10.0 Å². The summed E-state index contributed by atoms with van der Waals surface area (Å²) < 4.78 is 0. The molecule has 0 radical (unpaired) electrons. The molecule has 2 rings (SSSR count). The summed E-state index contributed by atoms with van der Waals surface area (Å²) in [4.78, 5) is 15.7. The molecule has 1 N–H and O–H groups in total. The molecule has 0 heterocycles. The van der Waals surface area contributed by atoms with E-state index in [1.165, 1.54) is 6.21 Å². The molecule has 0 aliphatic rings. The average Bonchev–Trinajstić information content (AvgIpc) is 2.41. The summed E-state index contributed by atoms with van der Waals surface area (Å²) in [6, 6.07) is 13.7. The van der Waals surface area contributed by atoms with Crippen molar-refractivity contribution in [2.24, 2.45) is 4.99 Å². The molecule has 96 valence electrons. The van der Waals surface area contributed by atoms with E-state index >= 15 is 0 Å². The molecule has 0 bridgehead atoms. The van der Waals surface area contributed by atoms with E-state index in [4.69, 9.17) is 23.2 Å². The van der Waals surface area contributed by atoms with Crippen LogP contribution in [-0.2, 0) is 4.79 Å². The van der Waals surface area contributed by atoms with Crippen LogP contribution in [0.5, 0.6) is 0 Å². The van der Waals surface area contributed by atoms with Gasteiger partial charge in [-0.15, -0.1) is 0 Å². The largest absolute Gasteiger partial charge is 0.321 e. The van der Waals surface area contributed by atoms with Crippen molar-refractivity contribution in [3.63, 3.8) is 0 Å². The Labute approximate surface area is 120 Å². The quantitative estimate of drug-likeness (QED) is 0.840. The Morgan fingerprint density at radius 1 is 0.947 bits per heavy atom. The summed E-state index contributed by atoms with van der Waals surface area (Å²) in [5, 5.41) is 3.93. The number of aliphatic imine (C=N–C) groups is 1. The summed E-state index contributed by atoms with van der Waals surface area (Å²) in [5.74, 6) is -0.308. The van der Waals surface area contributed by atoms with Crippen molar-refractivity contribution in [2.75, 3.05) is 5.32 Å². The number of hydrogen-bond acceptors (Lipinski definition) is 2. The van der Waals surface area contributed by atoms with Crippen molar-refractivity contribution in [1.29, 1.82) is 0 Å². The summed E-state index contributed by atoms with van der Waals surface area (Å²) >= 11 is 11.5. The number of rotatable bonds is 3. The smallest absolute Gasteiger partial charge is 0.266 e. The highest BCUT2D eigenvalue weighted by Crippen LogP contribution is 2.16. The first kappa shape index (κ1) is 13.6. The number of amides is 1. The Kier molecular flexibility index (Phi) is 4.55. The van der Waals surface area contributed by atoms with Gasteiger partial charge in [-0.05, 0) is 48.5 Å². The normalized spacial score (nSPS) is 10.6. The average molecular weight is 293 g/mol. The van der Waals surface area contributed by atoms with Crippen molar-refractivity contribution in [1.82, 2.24) is 0 Å². The molecule has 0 aliphatic heterocycles. The molecule has 3 nitrogen and oxygen atoms in total. The van der Waals surface area contributed by atoms with E-state index in [0.29, 0.717) is 21.4 Å². The fraction of sp³-hybridized carbons (Fsp3) is 0. The first-order chi connectivity index (χ1) is 9.13. The Hall–Kier alpha value is -1.84. The molecule has 19 heavy (non-hydrogen) atoms. The van der Waals surface area contributed by atoms with Crippen LogP contribution in [0.25, 0.3) is 0 Å². The molecule has 0 aromatic heterocycles. The highest BCUT2D eigenvalue weighted by Gasteiger charge is 1.98. The van der Waals surface area contributed by atoms with Gasteiger partial charge in [0, 0.05) is 15.7 Å². The van der Waals surface area contributed by atoms with Crippen LogP contribution in [0.1, 0.15) is 0 Å². The topological polar surface area (TPSA) is 41.5 Å². The second-order valence-corrected chi connectivity index (χ2v) is 4.60. The van der Waals surface area contributed by atoms with Gasteiger partial charge in [0.15, 0.2) is 0 Å². The van der Waals surface area contributed by atoms with Gasteiger partial charge in [0.2, 0.25) is 0 Å². The van der Waals surface area contributed by atoms with Crippen molar-refractivity contribution in [3.8, 4) is 0 Å². The number of carbonyl (C=O) groups excluding carboxylic acids is 1. The van der Waals surface area contributed by atoms with E-state index in [1.54, 1.807) is 48.5 Å². The Balaban J connectivity index is 1.97. The predicted octanol–water partition coefficient (Wildman–Crippen LogP) is 4.33. The third-order valence-corrected chi connectivity index (χ3v) is 2.77. The summed E-state index contributed by atoms with van der Waals surface area (Å²) in [5.41, 5.74) is 1.33. The molecule has 0 aliphatic carbocycles. The van der Waals surface area contributed by atoms with Crippen molar-refractivity contribution in [2.45, 2.75) is 0 Å². The lowest BCUT2D eigenvalue weighted by atomic mass is 10.3. The van der Waals surface area contributed by atoms with Gasteiger partial charge in [-0.1, -0.05) is 23.2 Å². The minimum absolute atomic E-state index is 0.308. The number of anilines is 1. The first-order valence-electron chi connectivity index (χ1n) is 5.50. The molecule has 0 spiro atoms. The van der Waals surface area contributed by atoms with Gasteiger partial charge in [0.25, 0.3) is 5.91 Å². The maximum absolute atomic E-state index is 11.6. The maximum atomic E-state index is 11.6. The molecule has 0 saturated carbocycles. The van der Waals surface area contributed by atoms with Gasteiger partial charge in [0.1, 0.15) is 0 Å². The summed E-state index contributed by atoms with van der Waals surface area (Å²) in [7, 11) is 0. The number of hydrogen-bond donors (Lipinski definition) is 1. The molecule has 0 atom stereocenters. The number of carbonyl (C=O) groups is 1. The molecule has 0 fully saturated rings. The SMILES string of the molecule is O=C(C=Nc1ccc(Cl)cc1)Nc1ccc(Cl)cc1. The van der Waals surface area contributed by atoms with E-state index in [0.717, 1.165) is 0 Å². The van der Waals surface area contributed by atoms with E-state index in [9.17, 15) is 4.79 Å². The zero-order valence-corrected chi connectivity index (χ0v) is 11.3. The lowest BCUT2D eigenvalue weighted by Gasteiger charge is -2.01. The zero-order chi connectivity index (χ0) is 13.7. The van der Waals surface area contributed by atoms with Crippen molar-refractivity contribution >= 4 is 46.7 Å². The number of halogens is 2. The monoisotopic (exact) mass is 292 g/mol. The molecular formula is C14H10Cl2N2O. The molecule has 2 aromatic carbocycles. The van der Waals surface area contributed by atoms with E-state index in [-0.39, 0.29) is 5.91 Å². The van der Waals surface area contributed by atoms with Crippen molar-refractivity contribution in [3.05, 3.63) is 58.6 Å². The molecular weight excluding hydrogens is 283 g/mol. The Bertz CT molecular complexity index is 592. The molecule has 2 aromatic rings. The van der Waals surface area contributed by atoms with Crippen LogP contribution < -0.4 is 5.32 Å². The van der Waals surface area contributed by atoms with E-state index in [2.05, 4.69) is 10.3 Å². The number of benzene rings is 2. The van der Waals surface area contributed by atoms with Gasteiger partial charge in [0.05, 0.1) is 11.9 Å². The van der Waals surface area contributed by atoms with Crippen molar-refractivity contribution < 1.29 is 4.79 Å². The van der Waals surface area contributed by atoms with Crippen LogP contribution in [0, 0.1) is 0 Å². The van der Waals surface area contributed by atoms with Gasteiger partial charge >= 0.3 is 0 Å². The van der Waals surface area contributed by atoms with Crippen LogP contribution in [0.4, 0.5) is 11.4 Å². The third kappa shape index (κ3) is 4.39. The fourth-order valence-electron chi connectivity index (χ4n) is 1.37. The van der Waals surface area contributed by atoms with E-state index in [1.807, 2.05) is 0 Å². The standard InChI is InChI=1S/C14H10Cl2N2O/c15-10-1-5-12(6-2-10)17-9-14(19)18-13-7-3-11(16)4-8-13/h1-9H,(H,18,19). The predicted molar refractivity (Wildman–Crippen MR) is 79.7 cm³/mol. The lowest BCUT2D eigenvalue weighted by Crippen LogP contribution is -2.12. The van der Waals surface area contributed by atoms with Gasteiger partial charge in [-0.2, -0.15) is 0 Å². The van der Waals surface area contributed by atoms with Crippen LogP contribution in [-0.4, -0.2) is 12.1 Å². The van der Waals surface area contributed by atoms with Gasteiger partial charge < -0.3 is 5.32 Å². The maximum Gasteiger partial charge on any atom is 0.266 e. The number of nitrogens with zero attached hydrogens (tertiary/aromatic N) is 1. The van der Waals surface area contributed by atoms with Crippen LogP contribution >= 0.6 is 23.2 Å². The van der Waals surface area contributed by atoms with E-state index < -0.39 is 0 Å².